The summed E-state index contributed by atoms with van der Waals surface area (Å²) >= 11 is 1.43. The molecule has 0 saturated carbocycles. The number of hydrogen-bond donors (Lipinski definition) is 1. The Morgan fingerprint density at radius 3 is 3.06 bits per heavy atom. The van der Waals surface area contributed by atoms with Gasteiger partial charge in [0.25, 0.3) is 0 Å². The van der Waals surface area contributed by atoms with Crippen LogP contribution in [0, 0.1) is 0 Å². The van der Waals surface area contributed by atoms with Gasteiger partial charge in [-0.3, -0.25) is 0 Å². The Kier molecular flexibility index (Phi) is 3.38. The third-order valence-corrected chi connectivity index (χ3v) is 3.06. The maximum Gasteiger partial charge on any atom is 0.335 e. The fourth-order valence-electron chi connectivity index (χ4n) is 1.20. The molecule has 1 N–H and O–H groups in total. The summed E-state index contributed by atoms with van der Waals surface area (Å²) in [5, 5.41) is 17.2. The molecule has 0 aliphatic heterocycles. The van der Waals surface area contributed by atoms with Gasteiger partial charge in [-0.2, -0.15) is 0 Å². The molecule has 0 aromatic carbocycles. The minimum absolute atomic E-state index is 0.237. The van der Waals surface area contributed by atoms with Crippen LogP contribution in [0.25, 0.3) is 0 Å². The second-order valence-electron chi connectivity index (χ2n) is 3.33. The number of rotatable bonds is 4. The van der Waals surface area contributed by atoms with Crippen molar-refractivity contribution in [3.8, 4) is 0 Å². The Labute approximate surface area is 102 Å². The second-order valence-corrected chi connectivity index (χ2v) is 4.33. The average molecular weight is 250 g/mol. The van der Waals surface area contributed by atoms with Gasteiger partial charge in [0.05, 0.1) is 16.3 Å². The van der Waals surface area contributed by atoms with E-state index in [9.17, 15) is 4.79 Å². The first-order valence-corrected chi connectivity index (χ1v) is 5.80. The van der Waals surface area contributed by atoms with Crippen molar-refractivity contribution in [2.45, 2.75) is 10.8 Å². The lowest BCUT2D eigenvalue weighted by Crippen LogP contribution is -1.98. The first-order chi connectivity index (χ1) is 8.16. The van der Waals surface area contributed by atoms with E-state index in [4.69, 9.17) is 5.11 Å². The van der Waals surface area contributed by atoms with Crippen molar-refractivity contribution in [2.24, 2.45) is 7.05 Å². The number of nitrogens with zero attached hydrogens (tertiary/aromatic N) is 4. The van der Waals surface area contributed by atoms with E-state index in [-0.39, 0.29) is 5.56 Å². The van der Waals surface area contributed by atoms with Crippen LogP contribution in [-0.2, 0) is 12.8 Å². The Hall–Kier alpha value is -1.89. The number of aromatic carboxylic acids is 1. The van der Waals surface area contributed by atoms with Crippen LogP contribution in [0.5, 0.6) is 0 Å². The monoisotopic (exact) mass is 250 g/mol. The molecule has 0 aliphatic rings. The summed E-state index contributed by atoms with van der Waals surface area (Å²) in [4.78, 5) is 14.9. The van der Waals surface area contributed by atoms with Crippen molar-refractivity contribution < 1.29 is 9.90 Å². The van der Waals surface area contributed by atoms with Crippen LogP contribution in [-0.4, -0.2) is 30.8 Å². The highest BCUT2D eigenvalue weighted by molar-refractivity contribution is 7.98. The smallest absolute Gasteiger partial charge is 0.335 e. The largest absolute Gasteiger partial charge is 0.478 e. The molecule has 0 aliphatic carbocycles. The van der Waals surface area contributed by atoms with E-state index in [1.165, 1.54) is 24.0 Å². The third-order valence-electron chi connectivity index (χ3n) is 2.14. The predicted octanol–water partition coefficient (Wildman–Crippen LogP) is 1.20. The highest BCUT2D eigenvalue weighted by atomic mass is 32.2. The molecule has 2 aromatic heterocycles. The van der Waals surface area contributed by atoms with Gasteiger partial charge in [-0.15, -0.1) is 10.2 Å². The molecule has 6 nitrogen and oxygen atoms in total. The molecule has 0 bridgehead atoms. The lowest BCUT2D eigenvalue weighted by atomic mass is 10.3. The average Bonchev–Trinajstić information content (AvgIpc) is 2.72. The molecule has 0 radical (unpaired) electrons. The van der Waals surface area contributed by atoms with Crippen LogP contribution in [0.4, 0.5) is 0 Å². The highest BCUT2D eigenvalue weighted by Gasteiger charge is 2.06. The molecule has 88 valence electrons. The van der Waals surface area contributed by atoms with E-state index in [1.54, 1.807) is 12.4 Å². The number of carboxylic acid groups (broad SMARTS) is 1. The van der Waals surface area contributed by atoms with Crippen molar-refractivity contribution in [1.82, 2.24) is 19.7 Å². The molecule has 2 heterocycles. The highest BCUT2D eigenvalue weighted by Crippen LogP contribution is 2.20. The number of pyridine rings is 1. The zero-order valence-corrected chi connectivity index (χ0v) is 9.89. The van der Waals surface area contributed by atoms with Crippen LogP contribution in [0.2, 0.25) is 0 Å². The van der Waals surface area contributed by atoms with Crippen molar-refractivity contribution in [3.05, 3.63) is 36.0 Å². The molecular formula is C10H10N4O2S. The summed E-state index contributed by atoms with van der Waals surface area (Å²) in [5.41, 5.74) is 0.237. The minimum atomic E-state index is -0.951. The van der Waals surface area contributed by atoms with Gasteiger partial charge in [0, 0.05) is 13.2 Å². The van der Waals surface area contributed by atoms with E-state index in [1.807, 2.05) is 11.6 Å². The first kappa shape index (κ1) is 11.6. The predicted molar refractivity (Wildman–Crippen MR) is 61.8 cm³/mol. The fraction of sp³-hybridized carbons (Fsp3) is 0.200. The summed E-state index contributed by atoms with van der Waals surface area (Å²) in [5.74, 6) is 0.470. The summed E-state index contributed by atoms with van der Waals surface area (Å²) in [6, 6.07) is 3.01. The molecular weight excluding hydrogens is 240 g/mol. The molecule has 7 heteroatoms. The van der Waals surface area contributed by atoms with Gasteiger partial charge >= 0.3 is 5.97 Å². The number of thioether (sulfide) groups is 1. The van der Waals surface area contributed by atoms with Gasteiger partial charge in [0.2, 0.25) is 0 Å². The molecule has 0 saturated heterocycles. The molecule has 0 atom stereocenters. The van der Waals surface area contributed by atoms with Crippen LogP contribution in [0.3, 0.4) is 0 Å². The Balaban J connectivity index is 2.07. The molecule has 17 heavy (non-hydrogen) atoms. The lowest BCUT2D eigenvalue weighted by Gasteiger charge is -2.01. The van der Waals surface area contributed by atoms with Gasteiger partial charge in [-0.05, 0) is 12.1 Å². The maximum atomic E-state index is 10.8. The molecule has 0 amide bonds. The Morgan fingerprint density at radius 2 is 2.41 bits per heavy atom. The molecule has 2 aromatic rings. The molecule has 0 fully saturated rings. The molecule has 0 spiro atoms. The Morgan fingerprint density at radius 1 is 1.59 bits per heavy atom. The summed E-state index contributed by atoms with van der Waals surface area (Å²) in [6.07, 6.45) is 3.11. The van der Waals surface area contributed by atoms with Crippen LogP contribution in [0.1, 0.15) is 16.2 Å². The first-order valence-electron chi connectivity index (χ1n) is 4.82. The SMILES string of the molecule is Cn1cnnc1CSc1cc(C(=O)O)ccn1. The lowest BCUT2D eigenvalue weighted by molar-refractivity contribution is 0.0696. The summed E-state index contributed by atoms with van der Waals surface area (Å²) < 4.78 is 1.81. The van der Waals surface area contributed by atoms with Crippen molar-refractivity contribution in [2.75, 3.05) is 0 Å². The van der Waals surface area contributed by atoms with E-state index in [0.29, 0.717) is 10.8 Å². The van der Waals surface area contributed by atoms with Crippen LogP contribution < -0.4 is 0 Å². The zero-order valence-electron chi connectivity index (χ0n) is 9.07. The normalized spacial score (nSPS) is 10.4. The number of aromatic nitrogens is 4. The summed E-state index contributed by atoms with van der Waals surface area (Å²) in [6.45, 7) is 0. The third kappa shape index (κ3) is 2.82. The van der Waals surface area contributed by atoms with Gasteiger partial charge in [-0.1, -0.05) is 11.8 Å². The van der Waals surface area contributed by atoms with E-state index in [0.717, 1.165) is 5.82 Å². The number of aryl methyl sites for hydroxylation is 1. The molecule has 0 unspecified atom stereocenters. The van der Waals surface area contributed by atoms with Gasteiger partial charge in [0.1, 0.15) is 12.2 Å². The Bertz CT molecular complexity index is 541. The van der Waals surface area contributed by atoms with Crippen LogP contribution >= 0.6 is 11.8 Å². The van der Waals surface area contributed by atoms with Crippen molar-refractivity contribution in [1.29, 1.82) is 0 Å². The summed E-state index contributed by atoms with van der Waals surface area (Å²) in [7, 11) is 1.86. The van der Waals surface area contributed by atoms with E-state index < -0.39 is 5.97 Å². The zero-order chi connectivity index (χ0) is 12.3. The van der Waals surface area contributed by atoms with E-state index in [2.05, 4.69) is 15.2 Å². The van der Waals surface area contributed by atoms with Gasteiger partial charge in [0.15, 0.2) is 0 Å². The number of carboxylic acids is 1. The van der Waals surface area contributed by atoms with Crippen molar-refractivity contribution >= 4 is 17.7 Å². The minimum Gasteiger partial charge on any atom is -0.478 e. The standard InChI is InChI=1S/C10H10N4O2S/c1-14-6-12-13-8(14)5-17-9-4-7(10(15)16)2-3-11-9/h2-4,6H,5H2,1H3,(H,15,16). The fourth-order valence-corrected chi connectivity index (χ4v) is 2.08. The number of carbonyl (C=O) groups is 1. The van der Waals surface area contributed by atoms with Crippen molar-refractivity contribution in [3.63, 3.8) is 0 Å². The van der Waals surface area contributed by atoms with Crippen LogP contribution in [0.15, 0.2) is 29.7 Å². The number of hydrogen-bond acceptors (Lipinski definition) is 5. The maximum absolute atomic E-state index is 10.8. The second kappa shape index (κ2) is 4.96. The van der Waals surface area contributed by atoms with Gasteiger partial charge in [-0.25, -0.2) is 9.78 Å². The van der Waals surface area contributed by atoms with Gasteiger partial charge < -0.3 is 9.67 Å². The quantitative estimate of drug-likeness (QED) is 0.821. The molecule has 2 rings (SSSR count). The van der Waals surface area contributed by atoms with E-state index >= 15 is 0 Å². The topological polar surface area (TPSA) is 80.9 Å².